The van der Waals surface area contributed by atoms with Crippen LogP contribution in [0.25, 0.3) is 21.1 Å². The number of rotatable bonds is 10. The van der Waals surface area contributed by atoms with Gasteiger partial charge in [-0.15, -0.1) is 11.3 Å². The van der Waals surface area contributed by atoms with Crippen molar-refractivity contribution in [3.8, 4) is 27.2 Å². The van der Waals surface area contributed by atoms with Crippen LogP contribution in [0.5, 0.6) is 0 Å². The Morgan fingerprint density at radius 3 is 1.94 bits per heavy atom. The Bertz CT molecular complexity index is 1110. The summed E-state index contributed by atoms with van der Waals surface area (Å²) in [4.78, 5) is 15.6. The topological polar surface area (TPSA) is 56.1 Å². The predicted molar refractivity (Wildman–Crippen MR) is 141 cm³/mol. The molecule has 0 aliphatic heterocycles. The largest absolute Gasteiger partial charge is 0.371 e. The third-order valence-corrected chi connectivity index (χ3v) is 7.27. The van der Waals surface area contributed by atoms with Gasteiger partial charge < -0.3 is 9.80 Å². The number of nitrogens with zero attached hydrogens (tertiary/aromatic N) is 5. The van der Waals surface area contributed by atoms with Gasteiger partial charge in [-0.05, 0) is 40.5 Å². The van der Waals surface area contributed by atoms with Crippen LogP contribution in [0.1, 0.15) is 58.4 Å². The standard InChI is InChI=1S/C27H35N5S/c1-7-20-23(25-22(18-28)29-27(33-25)19-16-14-13-15-17-19)30-26(32(11-5)12-6)21(8-2)24(20)31(9-3)10-4/h13-17H,7-12H2,1-6H3. The number of aromatic nitrogens is 2. The van der Waals surface area contributed by atoms with E-state index >= 15 is 0 Å². The monoisotopic (exact) mass is 461 g/mol. The van der Waals surface area contributed by atoms with E-state index in [1.54, 1.807) is 11.3 Å². The molecule has 0 aliphatic carbocycles. The van der Waals surface area contributed by atoms with Crippen LogP contribution in [0.4, 0.5) is 11.5 Å². The van der Waals surface area contributed by atoms with Crippen molar-refractivity contribution in [3.63, 3.8) is 0 Å². The van der Waals surface area contributed by atoms with Gasteiger partial charge in [0.05, 0.1) is 10.6 Å². The van der Waals surface area contributed by atoms with Crippen molar-refractivity contribution >= 4 is 22.8 Å². The number of hydrogen-bond donors (Lipinski definition) is 0. The van der Waals surface area contributed by atoms with E-state index in [2.05, 4.69) is 57.4 Å². The van der Waals surface area contributed by atoms with Crippen molar-refractivity contribution in [1.82, 2.24) is 9.97 Å². The van der Waals surface area contributed by atoms with Crippen LogP contribution in [-0.2, 0) is 12.8 Å². The van der Waals surface area contributed by atoms with E-state index in [0.29, 0.717) is 5.69 Å². The second kappa shape index (κ2) is 11.3. The molecule has 0 N–H and O–H groups in total. The minimum atomic E-state index is 0.460. The predicted octanol–water partition coefficient (Wildman–Crippen LogP) is 6.56. The molecule has 0 bridgehead atoms. The molecule has 6 heteroatoms. The summed E-state index contributed by atoms with van der Waals surface area (Å²) in [6, 6.07) is 12.4. The van der Waals surface area contributed by atoms with Gasteiger partial charge in [-0.3, -0.25) is 0 Å². The highest BCUT2D eigenvalue weighted by atomic mass is 32.1. The first-order chi connectivity index (χ1) is 16.1. The van der Waals surface area contributed by atoms with Gasteiger partial charge in [0, 0.05) is 48.6 Å². The Balaban J connectivity index is 2.38. The Hall–Kier alpha value is -2.91. The van der Waals surface area contributed by atoms with Gasteiger partial charge in [0.25, 0.3) is 0 Å². The van der Waals surface area contributed by atoms with Gasteiger partial charge in [0.15, 0.2) is 5.69 Å². The minimum absolute atomic E-state index is 0.460. The van der Waals surface area contributed by atoms with Gasteiger partial charge in [-0.25, -0.2) is 9.97 Å². The molecule has 0 saturated carbocycles. The molecule has 0 unspecified atom stereocenters. The molecule has 174 valence electrons. The highest BCUT2D eigenvalue weighted by Gasteiger charge is 2.27. The second-order valence-corrected chi connectivity index (χ2v) is 8.82. The number of benzene rings is 1. The van der Waals surface area contributed by atoms with E-state index in [1.807, 2.05) is 30.3 Å². The second-order valence-electron chi connectivity index (χ2n) is 7.82. The molecule has 3 rings (SSSR count). The van der Waals surface area contributed by atoms with Crippen molar-refractivity contribution in [2.45, 2.75) is 54.4 Å². The summed E-state index contributed by atoms with van der Waals surface area (Å²) in [6.07, 6.45) is 1.77. The Labute approximate surface area is 202 Å². The van der Waals surface area contributed by atoms with Crippen LogP contribution in [0.15, 0.2) is 30.3 Å². The van der Waals surface area contributed by atoms with Crippen molar-refractivity contribution in [2.24, 2.45) is 0 Å². The zero-order chi connectivity index (χ0) is 24.0. The third kappa shape index (κ3) is 4.74. The van der Waals surface area contributed by atoms with Crippen LogP contribution in [0, 0.1) is 11.3 Å². The third-order valence-electron chi connectivity index (χ3n) is 6.16. The van der Waals surface area contributed by atoms with Crippen molar-refractivity contribution < 1.29 is 0 Å². The average Bonchev–Trinajstić information content (AvgIpc) is 3.30. The molecule has 3 aromatic rings. The fraction of sp³-hybridized carbons (Fsp3) is 0.444. The van der Waals surface area contributed by atoms with Gasteiger partial charge in [-0.1, -0.05) is 44.2 Å². The summed E-state index contributed by atoms with van der Waals surface area (Å²) in [6.45, 7) is 16.8. The summed E-state index contributed by atoms with van der Waals surface area (Å²) in [5, 5.41) is 10.9. The van der Waals surface area contributed by atoms with E-state index in [4.69, 9.17) is 9.97 Å². The molecule has 2 aromatic heterocycles. The lowest BCUT2D eigenvalue weighted by atomic mass is 9.98. The quantitative estimate of drug-likeness (QED) is 0.342. The molecular weight excluding hydrogens is 426 g/mol. The number of anilines is 2. The zero-order valence-electron chi connectivity index (χ0n) is 20.8. The molecule has 0 fully saturated rings. The minimum Gasteiger partial charge on any atom is -0.371 e. The summed E-state index contributed by atoms with van der Waals surface area (Å²) >= 11 is 1.57. The Kier molecular flexibility index (Phi) is 8.46. The van der Waals surface area contributed by atoms with Gasteiger partial charge >= 0.3 is 0 Å². The van der Waals surface area contributed by atoms with E-state index in [0.717, 1.165) is 66.0 Å². The number of hydrogen-bond acceptors (Lipinski definition) is 6. The van der Waals surface area contributed by atoms with Crippen LogP contribution in [0.3, 0.4) is 0 Å². The van der Waals surface area contributed by atoms with Crippen molar-refractivity contribution in [3.05, 3.63) is 47.2 Å². The number of pyridine rings is 1. The smallest absolute Gasteiger partial charge is 0.161 e. The maximum absolute atomic E-state index is 9.99. The molecule has 5 nitrogen and oxygen atoms in total. The molecule has 2 heterocycles. The maximum Gasteiger partial charge on any atom is 0.161 e. The summed E-state index contributed by atoms with van der Waals surface area (Å²) < 4.78 is 0. The Morgan fingerprint density at radius 1 is 0.818 bits per heavy atom. The lowest BCUT2D eigenvalue weighted by Gasteiger charge is -2.32. The highest BCUT2D eigenvalue weighted by molar-refractivity contribution is 7.18. The van der Waals surface area contributed by atoms with E-state index < -0.39 is 0 Å². The van der Waals surface area contributed by atoms with Crippen LogP contribution < -0.4 is 9.80 Å². The van der Waals surface area contributed by atoms with Crippen LogP contribution in [0.2, 0.25) is 0 Å². The normalized spacial score (nSPS) is 10.8. The van der Waals surface area contributed by atoms with E-state index in [-0.39, 0.29) is 0 Å². The zero-order valence-corrected chi connectivity index (χ0v) is 21.6. The average molecular weight is 462 g/mol. The fourth-order valence-corrected chi connectivity index (χ4v) is 5.49. The SMILES string of the molecule is CCc1c(-c2sc(-c3ccccc3)nc2C#N)nc(N(CC)CC)c(CC)c1N(CC)CC. The first kappa shape index (κ1) is 24.7. The summed E-state index contributed by atoms with van der Waals surface area (Å²) in [5.41, 5.74) is 6.20. The molecular formula is C27H35N5S. The number of thiazole rings is 1. The summed E-state index contributed by atoms with van der Waals surface area (Å²) in [7, 11) is 0. The van der Waals surface area contributed by atoms with Crippen molar-refractivity contribution in [1.29, 1.82) is 5.26 Å². The highest BCUT2D eigenvalue weighted by Crippen LogP contribution is 2.43. The van der Waals surface area contributed by atoms with Crippen LogP contribution >= 0.6 is 11.3 Å². The van der Waals surface area contributed by atoms with Gasteiger partial charge in [0.2, 0.25) is 0 Å². The Morgan fingerprint density at radius 2 is 1.42 bits per heavy atom. The molecule has 0 aliphatic rings. The van der Waals surface area contributed by atoms with Crippen molar-refractivity contribution in [2.75, 3.05) is 36.0 Å². The van der Waals surface area contributed by atoms with E-state index in [1.165, 1.54) is 16.8 Å². The van der Waals surface area contributed by atoms with Gasteiger partial charge in [-0.2, -0.15) is 5.26 Å². The molecule has 0 radical (unpaired) electrons. The lowest BCUT2D eigenvalue weighted by molar-refractivity contribution is 0.810. The maximum atomic E-state index is 9.99. The molecule has 0 amide bonds. The molecule has 33 heavy (non-hydrogen) atoms. The lowest BCUT2D eigenvalue weighted by Crippen LogP contribution is -2.29. The number of nitriles is 1. The van der Waals surface area contributed by atoms with Gasteiger partial charge in [0.1, 0.15) is 16.9 Å². The molecule has 1 aromatic carbocycles. The molecule has 0 saturated heterocycles. The van der Waals surface area contributed by atoms with Crippen LogP contribution in [-0.4, -0.2) is 36.1 Å². The molecule has 0 atom stereocenters. The first-order valence-electron chi connectivity index (χ1n) is 12.1. The van der Waals surface area contributed by atoms with E-state index in [9.17, 15) is 5.26 Å². The fourth-order valence-electron chi connectivity index (χ4n) is 4.46. The molecule has 0 spiro atoms. The first-order valence-corrected chi connectivity index (χ1v) is 12.9. The summed E-state index contributed by atoms with van der Waals surface area (Å²) in [5.74, 6) is 1.04.